The van der Waals surface area contributed by atoms with Gasteiger partial charge in [-0.05, 0) is 31.8 Å². The zero-order valence-corrected chi connectivity index (χ0v) is 10.4. The maximum atomic E-state index is 11.3. The molecule has 5 nitrogen and oxygen atoms in total. The van der Waals surface area contributed by atoms with Crippen molar-refractivity contribution in [3.05, 3.63) is 42.0 Å². The molecule has 0 saturated carbocycles. The van der Waals surface area contributed by atoms with E-state index in [-0.39, 0.29) is 0 Å². The van der Waals surface area contributed by atoms with Crippen molar-refractivity contribution in [3.8, 4) is 0 Å². The molecule has 0 heterocycles. The van der Waals surface area contributed by atoms with Gasteiger partial charge in [-0.1, -0.05) is 12.1 Å². The summed E-state index contributed by atoms with van der Waals surface area (Å²) in [6.45, 7) is 0.827. The van der Waals surface area contributed by atoms with E-state index in [0.717, 1.165) is 24.3 Å². The van der Waals surface area contributed by atoms with Crippen molar-refractivity contribution in [2.75, 3.05) is 19.4 Å². The average Bonchev–Trinajstić information content (AvgIpc) is 2.28. The molecule has 96 valence electrons. The molecule has 0 aromatic heterocycles. The topological polar surface area (TPSA) is 69.6 Å². The van der Waals surface area contributed by atoms with Gasteiger partial charge in [-0.15, -0.1) is 0 Å². The lowest BCUT2D eigenvalue weighted by Gasteiger charge is -2.10. The van der Waals surface area contributed by atoms with Crippen LogP contribution in [-0.4, -0.2) is 36.0 Å². The van der Waals surface area contributed by atoms with E-state index in [1.165, 1.54) is 0 Å². The molecule has 0 bridgehead atoms. The Kier molecular flexibility index (Phi) is 5.07. The monoisotopic (exact) mass is 248 g/mol. The fourth-order valence-electron chi connectivity index (χ4n) is 1.39. The van der Waals surface area contributed by atoms with Crippen LogP contribution in [0.4, 0.5) is 5.69 Å². The maximum Gasteiger partial charge on any atom is 0.328 e. The summed E-state index contributed by atoms with van der Waals surface area (Å²) in [5.41, 5.74) is 1.77. The van der Waals surface area contributed by atoms with Gasteiger partial charge in [-0.2, -0.15) is 0 Å². The Morgan fingerprint density at radius 3 is 2.33 bits per heavy atom. The van der Waals surface area contributed by atoms with E-state index in [4.69, 9.17) is 5.11 Å². The Bertz CT molecular complexity index is 450. The first kappa shape index (κ1) is 13.9. The quantitative estimate of drug-likeness (QED) is 0.771. The smallest absolute Gasteiger partial charge is 0.328 e. The molecule has 0 fully saturated rings. The van der Waals surface area contributed by atoms with Crippen molar-refractivity contribution >= 4 is 17.6 Å². The summed E-state index contributed by atoms with van der Waals surface area (Å²) in [5, 5.41) is 11.0. The van der Waals surface area contributed by atoms with E-state index in [0.29, 0.717) is 5.69 Å². The Hall–Kier alpha value is -2.14. The number of carboxylic acid groups (broad SMARTS) is 1. The van der Waals surface area contributed by atoms with Gasteiger partial charge < -0.3 is 15.3 Å². The van der Waals surface area contributed by atoms with Crippen molar-refractivity contribution in [3.63, 3.8) is 0 Å². The Morgan fingerprint density at radius 1 is 1.22 bits per heavy atom. The van der Waals surface area contributed by atoms with Crippen molar-refractivity contribution < 1.29 is 14.7 Å². The van der Waals surface area contributed by atoms with E-state index < -0.39 is 11.9 Å². The van der Waals surface area contributed by atoms with Gasteiger partial charge in [0, 0.05) is 24.4 Å². The molecule has 1 aromatic rings. The molecular weight excluding hydrogens is 232 g/mol. The van der Waals surface area contributed by atoms with E-state index in [1.807, 2.05) is 31.1 Å². The minimum absolute atomic E-state index is 0.460. The normalized spacial score (nSPS) is 10.8. The summed E-state index contributed by atoms with van der Waals surface area (Å²) in [7, 11) is 3.96. The van der Waals surface area contributed by atoms with Gasteiger partial charge >= 0.3 is 5.97 Å². The number of benzene rings is 1. The molecule has 0 radical (unpaired) electrons. The first-order valence-electron chi connectivity index (χ1n) is 5.43. The molecule has 2 N–H and O–H groups in total. The standard InChI is InChI=1S/C13H16N2O3/c1-15(2)9-10-3-5-11(6-4-10)14-12(16)7-8-13(17)18/h3-8H,9H2,1-2H3,(H,14,16)(H,17,18)/b8-7+. The van der Waals surface area contributed by atoms with Crippen LogP contribution in [0.5, 0.6) is 0 Å². The molecule has 0 aliphatic rings. The number of nitrogens with one attached hydrogen (secondary N) is 1. The van der Waals surface area contributed by atoms with Crippen LogP contribution in [0.3, 0.4) is 0 Å². The van der Waals surface area contributed by atoms with E-state index in [1.54, 1.807) is 12.1 Å². The highest BCUT2D eigenvalue weighted by molar-refractivity contribution is 6.02. The average molecular weight is 248 g/mol. The Labute approximate surface area is 106 Å². The lowest BCUT2D eigenvalue weighted by molar-refractivity contribution is -0.131. The van der Waals surface area contributed by atoms with Crippen molar-refractivity contribution in [1.29, 1.82) is 0 Å². The van der Waals surface area contributed by atoms with Gasteiger partial charge in [0.15, 0.2) is 0 Å². The van der Waals surface area contributed by atoms with Crippen LogP contribution in [0.15, 0.2) is 36.4 Å². The highest BCUT2D eigenvalue weighted by atomic mass is 16.4. The number of amides is 1. The van der Waals surface area contributed by atoms with Crippen LogP contribution in [0.1, 0.15) is 5.56 Å². The van der Waals surface area contributed by atoms with Crippen molar-refractivity contribution in [2.24, 2.45) is 0 Å². The molecule has 0 aliphatic carbocycles. The second-order valence-corrected chi connectivity index (χ2v) is 4.10. The summed E-state index contributed by atoms with van der Waals surface area (Å²) < 4.78 is 0. The predicted octanol–water partition coefficient (Wildman–Crippen LogP) is 1.33. The predicted molar refractivity (Wildman–Crippen MR) is 69.2 cm³/mol. The van der Waals surface area contributed by atoms with Gasteiger partial charge in [0.25, 0.3) is 0 Å². The highest BCUT2D eigenvalue weighted by Gasteiger charge is 2.00. The second-order valence-electron chi connectivity index (χ2n) is 4.10. The molecule has 0 unspecified atom stereocenters. The molecule has 18 heavy (non-hydrogen) atoms. The number of carboxylic acids is 1. The summed E-state index contributed by atoms with van der Waals surface area (Å²) >= 11 is 0. The number of nitrogens with zero attached hydrogens (tertiary/aromatic N) is 1. The molecule has 5 heteroatoms. The van der Waals surface area contributed by atoms with Crippen molar-refractivity contribution in [2.45, 2.75) is 6.54 Å². The SMILES string of the molecule is CN(C)Cc1ccc(NC(=O)/C=C/C(=O)O)cc1. The van der Waals surface area contributed by atoms with E-state index in [2.05, 4.69) is 5.32 Å². The lowest BCUT2D eigenvalue weighted by atomic mass is 10.2. The van der Waals surface area contributed by atoms with Crippen molar-refractivity contribution in [1.82, 2.24) is 4.90 Å². The molecule has 0 spiro atoms. The molecule has 0 saturated heterocycles. The van der Waals surface area contributed by atoms with Crippen LogP contribution in [0.2, 0.25) is 0 Å². The van der Waals surface area contributed by atoms with Crippen LogP contribution in [0, 0.1) is 0 Å². The molecule has 1 amide bonds. The van der Waals surface area contributed by atoms with Gasteiger partial charge in [-0.3, -0.25) is 4.79 Å². The summed E-state index contributed by atoms with van der Waals surface area (Å²) in [4.78, 5) is 23.6. The minimum Gasteiger partial charge on any atom is -0.478 e. The summed E-state index contributed by atoms with van der Waals surface area (Å²) in [6.07, 6.45) is 1.78. The molecular formula is C13H16N2O3. The van der Waals surface area contributed by atoms with Crippen LogP contribution >= 0.6 is 0 Å². The Morgan fingerprint density at radius 2 is 1.83 bits per heavy atom. The third-order valence-corrected chi connectivity index (χ3v) is 2.10. The molecule has 0 aliphatic heterocycles. The third kappa shape index (κ3) is 5.27. The first-order chi connectivity index (χ1) is 8.47. The number of rotatable bonds is 5. The first-order valence-corrected chi connectivity index (χ1v) is 5.43. The van der Waals surface area contributed by atoms with Gasteiger partial charge in [-0.25, -0.2) is 4.79 Å². The fourth-order valence-corrected chi connectivity index (χ4v) is 1.39. The maximum absolute atomic E-state index is 11.3. The lowest BCUT2D eigenvalue weighted by Crippen LogP contribution is -2.11. The largest absolute Gasteiger partial charge is 0.478 e. The third-order valence-electron chi connectivity index (χ3n) is 2.10. The minimum atomic E-state index is -1.15. The Balaban J connectivity index is 2.58. The highest BCUT2D eigenvalue weighted by Crippen LogP contribution is 2.10. The van der Waals surface area contributed by atoms with Crippen LogP contribution < -0.4 is 5.32 Å². The number of aliphatic carboxylic acids is 1. The second kappa shape index (κ2) is 6.56. The number of anilines is 1. The number of hydrogen-bond donors (Lipinski definition) is 2. The molecule has 0 atom stereocenters. The van der Waals surface area contributed by atoms with Gasteiger partial charge in [0.1, 0.15) is 0 Å². The zero-order chi connectivity index (χ0) is 13.5. The summed E-state index contributed by atoms with van der Waals surface area (Å²) in [6, 6.07) is 7.39. The summed E-state index contributed by atoms with van der Waals surface area (Å²) in [5.74, 6) is -1.61. The number of hydrogen-bond acceptors (Lipinski definition) is 3. The fraction of sp³-hybridized carbons (Fsp3) is 0.231. The molecule has 1 aromatic carbocycles. The van der Waals surface area contributed by atoms with E-state index in [9.17, 15) is 9.59 Å². The molecule has 1 rings (SSSR count). The van der Waals surface area contributed by atoms with Gasteiger partial charge in [0.05, 0.1) is 0 Å². The van der Waals surface area contributed by atoms with Crippen LogP contribution in [0.25, 0.3) is 0 Å². The number of carbonyl (C=O) groups excluding carboxylic acids is 1. The van der Waals surface area contributed by atoms with E-state index >= 15 is 0 Å². The number of carbonyl (C=O) groups is 2. The van der Waals surface area contributed by atoms with Crippen LogP contribution in [-0.2, 0) is 16.1 Å². The van der Waals surface area contributed by atoms with Gasteiger partial charge in [0.2, 0.25) is 5.91 Å². The zero-order valence-electron chi connectivity index (χ0n) is 10.4.